The van der Waals surface area contributed by atoms with Crippen LogP contribution in [0.4, 0.5) is 0 Å². The van der Waals surface area contributed by atoms with E-state index < -0.39 is 11.2 Å². The Labute approximate surface area is 147 Å². The fourth-order valence-corrected chi connectivity index (χ4v) is 3.57. The number of pyridine rings is 1. The van der Waals surface area contributed by atoms with Crippen LogP contribution in [0, 0.1) is 0 Å². The SMILES string of the molecule is Cn1c(=O)[nH]c(=O)c2c3c(cnc21)C(=O)C[C@@H](c1ccc(Cl)cc1)C3. The number of fused-ring (bicyclic) bond motifs is 3. The molecular weight excluding hydrogens is 342 g/mol. The predicted octanol–water partition coefficient (Wildman–Crippen LogP) is 2.19. The number of ketones is 1. The van der Waals surface area contributed by atoms with Crippen LogP contribution in [-0.4, -0.2) is 20.3 Å². The van der Waals surface area contributed by atoms with Crippen molar-refractivity contribution in [1.29, 1.82) is 0 Å². The van der Waals surface area contributed by atoms with Gasteiger partial charge in [-0.3, -0.25) is 19.1 Å². The van der Waals surface area contributed by atoms with Crippen LogP contribution in [0.25, 0.3) is 11.0 Å². The Bertz CT molecular complexity index is 1130. The van der Waals surface area contributed by atoms with Crippen molar-refractivity contribution in [2.45, 2.75) is 18.8 Å². The smallest absolute Gasteiger partial charge is 0.294 e. The molecule has 0 saturated heterocycles. The van der Waals surface area contributed by atoms with Crippen molar-refractivity contribution in [3.63, 3.8) is 0 Å². The van der Waals surface area contributed by atoms with Crippen molar-refractivity contribution in [3.8, 4) is 0 Å². The van der Waals surface area contributed by atoms with Gasteiger partial charge in [0.1, 0.15) is 5.65 Å². The monoisotopic (exact) mass is 355 g/mol. The first-order valence-electron chi connectivity index (χ1n) is 7.85. The molecule has 0 bridgehead atoms. The number of rotatable bonds is 1. The van der Waals surface area contributed by atoms with E-state index in [2.05, 4.69) is 9.97 Å². The lowest BCUT2D eigenvalue weighted by molar-refractivity contribution is 0.0964. The van der Waals surface area contributed by atoms with Crippen molar-refractivity contribution >= 4 is 28.4 Å². The maximum Gasteiger partial charge on any atom is 0.329 e. The summed E-state index contributed by atoms with van der Waals surface area (Å²) in [7, 11) is 1.54. The Morgan fingerprint density at radius 3 is 2.60 bits per heavy atom. The zero-order valence-electron chi connectivity index (χ0n) is 13.4. The third-order valence-corrected chi connectivity index (χ3v) is 5.01. The lowest BCUT2D eigenvalue weighted by Gasteiger charge is -2.24. The van der Waals surface area contributed by atoms with Crippen molar-refractivity contribution in [2.24, 2.45) is 7.05 Å². The minimum Gasteiger partial charge on any atom is -0.294 e. The molecule has 0 unspecified atom stereocenters. The Hall–Kier alpha value is -2.73. The maximum atomic E-state index is 12.6. The molecule has 0 radical (unpaired) electrons. The average molecular weight is 356 g/mol. The van der Waals surface area contributed by atoms with Gasteiger partial charge in [-0.1, -0.05) is 23.7 Å². The molecule has 3 aromatic rings. The summed E-state index contributed by atoms with van der Waals surface area (Å²) in [5.41, 5.74) is 1.36. The van der Waals surface area contributed by atoms with E-state index in [1.54, 1.807) is 19.2 Å². The number of hydrogen-bond acceptors (Lipinski definition) is 4. The van der Waals surface area contributed by atoms with Crippen LogP contribution in [0.15, 0.2) is 40.1 Å². The zero-order chi connectivity index (χ0) is 17.7. The highest BCUT2D eigenvalue weighted by atomic mass is 35.5. The number of Topliss-reactive ketones (excluding diaryl/α,β-unsaturated/α-hetero) is 1. The van der Waals surface area contributed by atoms with Gasteiger partial charge in [0.2, 0.25) is 0 Å². The van der Waals surface area contributed by atoms with E-state index >= 15 is 0 Å². The number of nitrogens with zero attached hydrogens (tertiary/aromatic N) is 2. The first-order valence-corrected chi connectivity index (χ1v) is 8.23. The Morgan fingerprint density at radius 1 is 1.16 bits per heavy atom. The van der Waals surface area contributed by atoms with E-state index in [4.69, 9.17) is 11.6 Å². The fraction of sp³-hybridized carbons (Fsp3) is 0.222. The second-order valence-corrected chi connectivity index (χ2v) is 6.68. The number of carbonyl (C=O) groups excluding carboxylic acids is 1. The van der Waals surface area contributed by atoms with E-state index in [0.29, 0.717) is 34.4 Å². The second-order valence-electron chi connectivity index (χ2n) is 6.25. The molecule has 1 atom stereocenters. The van der Waals surface area contributed by atoms with Crippen LogP contribution >= 0.6 is 11.6 Å². The molecular formula is C18H14ClN3O3. The highest BCUT2D eigenvalue weighted by Gasteiger charge is 2.29. The topological polar surface area (TPSA) is 84.8 Å². The van der Waals surface area contributed by atoms with Gasteiger partial charge >= 0.3 is 5.69 Å². The molecule has 2 aromatic heterocycles. The van der Waals surface area contributed by atoms with Crippen molar-refractivity contribution in [1.82, 2.24) is 14.5 Å². The molecule has 0 aliphatic heterocycles. The van der Waals surface area contributed by atoms with E-state index in [-0.39, 0.29) is 17.3 Å². The molecule has 2 heterocycles. The van der Waals surface area contributed by atoms with Gasteiger partial charge in [0, 0.05) is 30.3 Å². The second kappa shape index (κ2) is 5.67. The molecule has 7 heteroatoms. The van der Waals surface area contributed by atoms with Gasteiger partial charge in [-0.05, 0) is 35.6 Å². The van der Waals surface area contributed by atoms with Crippen molar-refractivity contribution < 1.29 is 4.79 Å². The van der Waals surface area contributed by atoms with Gasteiger partial charge in [0.15, 0.2) is 5.78 Å². The number of aromatic amines is 1. The highest BCUT2D eigenvalue weighted by Crippen LogP contribution is 2.34. The summed E-state index contributed by atoms with van der Waals surface area (Å²) in [6.45, 7) is 0. The Morgan fingerprint density at radius 2 is 1.88 bits per heavy atom. The molecule has 0 amide bonds. The predicted molar refractivity (Wildman–Crippen MR) is 94.4 cm³/mol. The van der Waals surface area contributed by atoms with E-state index in [1.165, 1.54) is 10.8 Å². The third kappa shape index (κ3) is 2.49. The first-order chi connectivity index (χ1) is 12.0. The normalized spacial score (nSPS) is 16.9. The summed E-state index contributed by atoms with van der Waals surface area (Å²) in [6, 6.07) is 7.37. The molecule has 0 saturated carbocycles. The van der Waals surface area contributed by atoms with Crippen LogP contribution in [0.5, 0.6) is 0 Å². The number of aromatic nitrogens is 3. The number of carbonyl (C=O) groups is 1. The molecule has 1 aliphatic carbocycles. The molecule has 0 fully saturated rings. The minimum atomic E-state index is -0.527. The van der Waals surface area contributed by atoms with Crippen LogP contribution in [0.2, 0.25) is 5.02 Å². The number of nitrogens with one attached hydrogen (secondary N) is 1. The number of H-pyrrole nitrogens is 1. The molecule has 1 aliphatic rings. The van der Waals surface area contributed by atoms with Gasteiger partial charge in [-0.15, -0.1) is 0 Å². The largest absolute Gasteiger partial charge is 0.329 e. The standard InChI is InChI=1S/C18H14ClN3O3/c1-22-16-15(17(24)21-18(22)25)12-6-10(7-14(23)13(12)8-20-16)9-2-4-11(19)5-3-9/h2-5,8,10H,6-7H2,1H3,(H,21,24,25)/t10-/m0/s1. The van der Waals surface area contributed by atoms with E-state index in [9.17, 15) is 14.4 Å². The summed E-state index contributed by atoms with van der Waals surface area (Å²) < 4.78 is 1.29. The highest BCUT2D eigenvalue weighted by molar-refractivity contribution is 6.30. The molecule has 4 rings (SSSR count). The zero-order valence-corrected chi connectivity index (χ0v) is 14.1. The summed E-state index contributed by atoms with van der Waals surface area (Å²) >= 11 is 5.94. The maximum absolute atomic E-state index is 12.6. The van der Waals surface area contributed by atoms with Gasteiger partial charge in [0.25, 0.3) is 5.56 Å². The molecule has 126 valence electrons. The van der Waals surface area contributed by atoms with Gasteiger partial charge in [-0.25, -0.2) is 9.78 Å². The summed E-state index contributed by atoms with van der Waals surface area (Å²) in [5, 5.41) is 0.944. The number of aryl methyl sites for hydroxylation is 1. The number of hydrogen-bond donors (Lipinski definition) is 1. The summed E-state index contributed by atoms with van der Waals surface area (Å²) in [6.07, 6.45) is 2.35. The van der Waals surface area contributed by atoms with Crippen LogP contribution in [0.3, 0.4) is 0 Å². The van der Waals surface area contributed by atoms with Gasteiger partial charge < -0.3 is 0 Å². The fourth-order valence-electron chi connectivity index (χ4n) is 3.45. The number of halogens is 1. The first kappa shape index (κ1) is 15.8. The molecule has 6 nitrogen and oxygen atoms in total. The number of benzene rings is 1. The van der Waals surface area contributed by atoms with Crippen molar-refractivity contribution in [2.75, 3.05) is 0 Å². The molecule has 1 N–H and O–H groups in total. The summed E-state index contributed by atoms with van der Waals surface area (Å²) in [5.74, 6) is -0.0941. The van der Waals surface area contributed by atoms with Gasteiger partial charge in [-0.2, -0.15) is 0 Å². The Kier molecular flexibility index (Phi) is 3.58. The minimum absolute atomic E-state index is 0.0421. The lowest BCUT2D eigenvalue weighted by Crippen LogP contribution is -2.31. The quantitative estimate of drug-likeness (QED) is 0.725. The average Bonchev–Trinajstić information content (AvgIpc) is 2.59. The lowest BCUT2D eigenvalue weighted by atomic mass is 9.79. The molecule has 1 aromatic carbocycles. The summed E-state index contributed by atoms with van der Waals surface area (Å²) in [4.78, 5) is 43.2. The van der Waals surface area contributed by atoms with Gasteiger partial charge in [0.05, 0.1) is 5.39 Å². The van der Waals surface area contributed by atoms with Crippen molar-refractivity contribution in [3.05, 3.63) is 73.0 Å². The van der Waals surface area contributed by atoms with Crippen LogP contribution in [-0.2, 0) is 13.5 Å². The van der Waals surface area contributed by atoms with E-state index in [1.807, 2.05) is 12.1 Å². The van der Waals surface area contributed by atoms with E-state index in [0.717, 1.165) is 5.56 Å². The molecule has 0 spiro atoms. The van der Waals surface area contributed by atoms with Crippen LogP contribution in [0.1, 0.15) is 33.8 Å². The van der Waals surface area contributed by atoms with Crippen LogP contribution < -0.4 is 11.2 Å². The molecule has 25 heavy (non-hydrogen) atoms. The third-order valence-electron chi connectivity index (χ3n) is 4.76. The Balaban J connectivity index is 1.94.